The molecule has 2 nitrogen and oxygen atoms in total. The number of allylic oxidation sites excluding steroid dienone is 1. The average molecular weight is 224 g/mol. The molecule has 1 fully saturated rings. The van der Waals surface area contributed by atoms with Crippen molar-refractivity contribution in [3.8, 4) is 0 Å². The molecule has 1 saturated carbocycles. The van der Waals surface area contributed by atoms with Crippen LogP contribution in [0.15, 0.2) is 12.7 Å². The molecule has 0 radical (unpaired) electrons. The van der Waals surface area contributed by atoms with Crippen LogP contribution in [0.4, 0.5) is 0 Å². The Labute approximate surface area is 101 Å². The van der Waals surface area contributed by atoms with E-state index in [9.17, 15) is 0 Å². The van der Waals surface area contributed by atoms with Crippen molar-refractivity contribution in [3.63, 3.8) is 0 Å². The van der Waals surface area contributed by atoms with Crippen LogP contribution in [0.5, 0.6) is 0 Å². The minimum Gasteiger partial charge on any atom is -0.328 e. The van der Waals surface area contributed by atoms with Crippen molar-refractivity contribution in [1.29, 1.82) is 0 Å². The molecule has 0 bridgehead atoms. The van der Waals surface area contributed by atoms with Crippen LogP contribution in [0.3, 0.4) is 0 Å². The Balaban J connectivity index is 2.05. The fraction of sp³-hybridized carbons (Fsp3) is 0.857. The van der Waals surface area contributed by atoms with Crippen molar-refractivity contribution in [2.45, 2.75) is 63.5 Å². The molecule has 0 spiro atoms. The third-order valence-electron chi connectivity index (χ3n) is 3.78. The second kappa shape index (κ2) is 7.86. The van der Waals surface area contributed by atoms with Gasteiger partial charge in [0.2, 0.25) is 0 Å². The van der Waals surface area contributed by atoms with Gasteiger partial charge in [0.1, 0.15) is 0 Å². The summed E-state index contributed by atoms with van der Waals surface area (Å²) in [5.41, 5.74) is 5.92. The van der Waals surface area contributed by atoms with Crippen LogP contribution < -0.4 is 5.73 Å². The molecule has 1 rings (SSSR count). The van der Waals surface area contributed by atoms with E-state index in [1.165, 1.54) is 57.9 Å². The number of hydrogen-bond acceptors (Lipinski definition) is 2. The molecule has 2 heteroatoms. The topological polar surface area (TPSA) is 29.3 Å². The number of nitrogens with two attached hydrogens (primary N) is 1. The monoisotopic (exact) mass is 224 g/mol. The molecule has 0 unspecified atom stereocenters. The first-order chi connectivity index (χ1) is 7.74. The van der Waals surface area contributed by atoms with E-state index in [-0.39, 0.29) is 0 Å². The van der Waals surface area contributed by atoms with E-state index in [1.54, 1.807) is 0 Å². The standard InChI is InChI=1S/C14H28N2/c1-3-4-5-6-7-12-16(2)14-10-8-13(15)9-11-14/h3,13-14H,1,4-12,15H2,2H3. The van der Waals surface area contributed by atoms with E-state index in [0.717, 1.165) is 6.04 Å². The highest BCUT2D eigenvalue weighted by Gasteiger charge is 2.21. The molecular formula is C14H28N2. The third-order valence-corrected chi connectivity index (χ3v) is 3.78. The molecule has 1 aliphatic rings. The van der Waals surface area contributed by atoms with E-state index in [2.05, 4.69) is 18.5 Å². The lowest BCUT2D eigenvalue weighted by Crippen LogP contribution is -2.39. The summed E-state index contributed by atoms with van der Waals surface area (Å²) in [6.45, 7) is 5.00. The number of unbranched alkanes of at least 4 members (excludes halogenated alkanes) is 3. The van der Waals surface area contributed by atoms with Gasteiger partial charge in [0.25, 0.3) is 0 Å². The van der Waals surface area contributed by atoms with Gasteiger partial charge in [-0.15, -0.1) is 6.58 Å². The zero-order chi connectivity index (χ0) is 11.8. The van der Waals surface area contributed by atoms with Crippen LogP contribution >= 0.6 is 0 Å². The van der Waals surface area contributed by atoms with Crippen LogP contribution in [0.1, 0.15) is 51.4 Å². The quantitative estimate of drug-likeness (QED) is 0.532. The van der Waals surface area contributed by atoms with Crippen LogP contribution in [-0.2, 0) is 0 Å². The predicted molar refractivity (Wildman–Crippen MR) is 71.5 cm³/mol. The zero-order valence-corrected chi connectivity index (χ0v) is 10.8. The fourth-order valence-corrected chi connectivity index (χ4v) is 2.55. The lowest BCUT2D eigenvalue weighted by Gasteiger charge is -2.33. The fourth-order valence-electron chi connectivity index (χ4n) is 2.55. The van der Waals surface area contributed by atoms with Crippen molar-refractivity contribution in [3.05, 3.63) is 12.7 Å². The van der Waals surface area contributed by atoms with Gasteiger partial charge in [-0.1, -0.05) is 12.5 Å². The largest absolute Gasteiger partial charge is 0.328 e. The molecule has 0 atom stereocenters. The summed E-state index contributed by atoms with van der Waals surface area (Å²) in [5, 5.41) is 0. The first-order valence-corrected chi connectivity index (χ1v) is 6.80. The van der Waals surface area contributed by atoms with Gasteiger partial charge in [0.15, 0.2) is 0 Å². The summed E-state index contributed by atoms with van der Waals surface area (Å²) in [6, 6.07) is 1.26. The predicted octanol–water partition coefficient (Wildman–Crippen LogP) is 2.93. The second-order valence-electron chi connectivity index (χ2n) is 5.19. The maximum absolute atomic E-state index is 5.92. The minimum atomic E-state index is 0.470. The van der Waals surface area contributed by atoms with Gasteiger partial charge in [-0.25, -0.2) is 0 Å². The molecule has 94 valence electrons. The van der Waals surface area contributed by atoms with Crippen molar-refractivity contribution >= 4 is 0 Å². The molecule has 0 aromatic carbocycles. The Hall–Kier alpha value is -0.340. The Morgan fingerprint density at radius 2 is 1.88 bits per heavy atom. The Morgan fingerprint density at radius 3 is 2.50 bits per heavy atom. The van der Waals surface area contributed by atoms with E-state index < -0.39 is 0 Å². The van der Waals surface area contributed by atoms with Gasteiger partial charge in [0.05, 0.1) is 0 Å². The molecular weight excluding hydrogens is 196 g/mol. The van der Waals surface area contributed by atoms with Gasteiger partial charge in [-0.05, 0) is 58.5 Å². The molecule has 16 heavy (non-hydrogen) atoms. The molecule has 0 saturated heterocycles. The lowest BCUT2D eigenvalue weighted by molar-refractivity contribution is 0.180. The molecule has 0 aliphatic heterocycles. The van der Waals surface area contributed by atoms with Crippen LogP contribution in [0, 0.1) is 0 Å². The van der Waals surface area contributed by atoms with E-state index in [0.29, 0.717) is 6.04 Å². The summed E-state index contributed by atoms with van der Waals surface area (Å²) in [5.74, 6) is 0. The number of nitrogens with zero attached hydrogens (tertiary/aromatic N) is 1. The van der Waals surface area contributed by atoms with E-state index in [1.807, 2.05) is 6.08 Å². The van der Waals surface area contributed by atoms with Gasteiger partial charge in [-0.3, -0.25) is 0 Å². The van der Waals surface area contributed by atoms with E-state index in [4.69, 9.17) is 5.73 Å². The Morgan fingerprint density at radius 1 is 1.19 bits per heavy atom. The van der Waals surface area contributed by atoms with Gasteiger partial charge in [-0.2, -0.15) is 0 Å². The summed E-state index contributed by atoms with van der Waals surface area (Å²) in [6.07, 6.45) is 12.2. The first kappa shape index (κ1) is 13.7. The van der Waals surface area contributed by atoms with Gasteiger partial charge < -0.3 is 10.6 Å². The third kappa shape index (κ3) is 5.13. The SMILES string of the molecule is C=CCCCCCN(C)C1CCC(N)CC1. The van der Waals surface area contributed by atoms with Crippen molar-refractivity contribution in [1.82, 2.24) is 4.90 Å². The van der Waals surface area contributed by atoms with Gasteiger partial charge >= 0.3 is 0 Å². The first-order valence-electron chi connectivity index (χ1n) is 6.80. The maximum atomic E-state index is 5.92. The second-order valence-corrected chi connectivity index (χ2v) is 5.19. The van der Waals surface area contributed by atoms with Crippen molar-refractivity contribution in [2.24, 2.45) is 5.73 Å². The highest BCUT2D eigenvalue weighted by Crippen LogP contribution is 2.21. The van der Waals surface area contributed by atoms with Crippen LogP contribution in [0.25, 0.3) is 0 Å². The van der Waals surface area contributed by atoms with Gasteiger partial charge in [0, 0.05) is 12.1 Å². The summed E-state index contributed by atoms with van der Waals surface area (Å²) in [7, 11) is 2.27. The van der Waals surface area contributed by atoms with Crippen LogP contribution in [-0.4, -0.2) is 30.6 Å². The summed E-state index contributed by atoms with van der Waals surface area (Å²) >= 11 is 0. The molecule has 0 heterocycles. The summed E-state index contributed by atoms with van der Waals surface area (Å²) < 4.78 is 0. The van der Waals surface area contributed by atoms with Crippen LogP contribution in [0.2, 0.25) is 0 Å². The lowest BCUT2D eigenvalue weighted by atomic mass is 9.91. The molecule has 2 N–H and O–H groups in total. The highest BCUT2D eigenvalue weighted by atomic mass is 15.1. The normalized spacial score (nSPS) is 25.9. The number of hydrogen-bond donors (Lipinski definition) is 1. The van der Waals surface area contributed by atoms with E-state index >= 15 is 0 Å². The molecule has 0 amide bonds. The van der Waals surface area contributed by atoms with Crippen molar-refractivity contribution in [2.75, 3.05) is 13.6 Å². The average Bonchev–Trinajstić information content (AvgIpc) is 2.29. The zero-order valence-electron chi connectivity index (χ0n) is 10.8. The maximum Gasteiger partial charge on any atom is 0.00933 e. The summed E-state index contributed by atoms with van der Waals surface area (Å²) in [4.78, 5) is 2.54. The molecule has 1 aliphatic carbocycles. The highest BCUT2D eigenvalue weighted by molar-refractivity contribution is 4.79. The molecule has 0 aromatic rings. The molecule has 0 aromatic heterocycles. The Kier molecular flexibility index (Phi) is 6.74. The van der Waals surface area contributed by atoms with Crippen molar-refractivity contribution < 1.29 is 0 Å². The Bertz CT molecular complexity index is 183. The number of rotatable bonds is 7. The smallest absolute Gasteiger partial charge is 0.00933 e. The minimum absolute atomic E-state index is 0.470.